The summed E-state index contributed by atoms with van der Waals surface area (Å²) in [6, 6.07) is 0.538. The van der Waals surface area contributed by atoms with Gasteiger partial charge in [-0.3, -0.25) is 4.90 Å². The minimum Gasteiger partial charge on any atom is -0.383 e. The van der Waals surface area contributed by atoms with Crippen molar-refractivity contribution < 1.29 is 9.47 Å². The van der Waals surface area contributed by atoms with Gasteiger partial charge in [0, 0.05) is 32.8 Å². The van der Waals surface area contributed by atoms with Gasteiger partial charge >= 0.3 is 0 Å². The van der Waals surface area contributed by atoms with Crippen LogP contribution >= 0.6 is 0 Å². The summed E-state index contributed by atoms with van der Waals surface area (Å²) in [6.45, 7) is 7.83. The van der Waals surface area contributed by atoms with E-state index in [1.807, 2.05) is 0 Å². The summed E-state index contributed by atoms with van der Waals surface area (Å²) in [5.41, 5.74) is 5.61. The van der Waals surface area contributed by atoms with E-state index in [0.29, 0.717) is 18.7 Å². The molecule has 0 aromatic rings. The number of rotatable bonds is 7. The Bertz CT molecular complexity index is 188. The first-order valence-electron chi connectivity index (χ1n) is 6.25. The highest BCUT2D eigenvalue weighted by molar-refractivity contribution is 4.78. The monoisotopic (exact) mass is 230 g/mol. The molecule has 0 spiro atoms. The van der Waals surface area contributed by atoms with E-state index in [-0.39, 0.29) is 6.10 Å². The predicted molar refractivity (Wildman–Crippen MR) is 65.5 cm³/mol. The van der Waals surface area contributed by atoms with E-state index in [2.05, 4.69) is 18.7 Å². The molecule has 1 rings (SSSR count). The molecule has 4 heteroatoms. The molecular formula is C12H26N2O2. The molecule has 1 aliphatic heterocycles. The first-order valence-corrected chi connectivity index (χ1v) is 6.25. The van der Waals surface area contributed by atoms with E-state index in [0.717, 1.165) is 32.5 Å². The smallest absolute Gasteiger partial charge is 0.0707 e. The van der Waals surface area contributed by atoms with E-state index in [1.54, 1.807) is 7.11 Å². The van der Waals surface area contributed by atoms with Crippen LogP contribution in [0.4, 0.5) is 0 Å². The second-order valence-corrected chi connectivity index (χ2v) is 4.77. The molecule has 2 atom stereocenters. The Hall–Kier alpha value is -0.160. The average molecular weight is 230 g/mol. The third-order valence-corrected chi connectivity index (χ3v) is 3.21. The van der Waals surface area contributed by atoms with Crippen LogP contribution in [-0.4, -0.2) is 56.5 Å². The van der Waals surface area contributed by atoms with Gasteiger partial charge in [0.25, 0.3) is 0 Å². The third kappa shape index (κ3) is 4.37. The van der Waals surface area contributed by atoms with Crippen molar-refractivity contribution in [3.63, 3.8) is 0 Å². The van der Waals surface area contributed by atoms with Gasteiger partial charge < -0.3 is 15.2 Å². The Kier molecular flexibility index (Phi) is 6.28. The molecule has 2 N–H and O–H groups in total. The lowest BCUT2D eigenvalue weighted by Crippen LogP contribution is -2.40. The Balaban J connectivity index is 2.31. The summed E-state index contributed by atoms with van der Waals surface area (Å²) >= 11 is 0. The van der Waals surface area contributed by atoms with Crippen molar-refractivity contribution in [3.8, 4) is 0 Å². The summed E-state index contributed by atoms with van der Waals surface area (Å²) in [5, 5.41) is 0. The molecule has 1 heterocycles. The summed E-state index contributed by atoms with van der Waals surface area (Å²) in [6.07, 6.45) is 2.88. The predicted octanol–water partition coefficient (Wildman–Crippen LogP) is 0.850. The number of methoxy groups -OCH3 is 1. The van der Waals surface area contributed by atoms with Gasteiger partial charge in [0.05, 0.1) is 18.8 Å². The fourth-order valence-electron chi connectivity index (χ4n) is 2.12. The van der Waals surface area contributed by atoms with Gasteiger partial charge in [0.2, 0.25) is 0 Å². The van der Waals surface area contributed by atoms with Gasteiger partial charge in [0.15, 0.2) is 0 Å². The Morgan fingerprint density at radius 1 is 1.38 bits per heavy atom. The summed E-state index contributed by atoms with van der Waals surface area (Å²) in [5.74, 6) is 0. The first kappa shape index (κ1) is 13.9. The largest absolute Gasteiger partial charge is 0.383 e. The Labute approximate surface area is 99.1 Å². The van der Waals surface area contributed by atoms with Crippen LogP contribution in [0.15, 0.2) is 0 Å². The van der Waals surface area contributed by atoms with Crippen molar-refractivity contribution >= 4 is 0 Å². The van der Waals surface area contributed by atoms with Crippen molar-refractivity contribution in [1.82, 2.24) is 4.90 Å². The van der Waals surface area contributed by atoms with Crippen LogP contribution in [0.3, 0.4) is 0 Å². The maximum atomic E-state index is 5.86. The Morgan fingerprint density at radius 2 is 2.06 bits per heavy atom. The van der Waals surface area contributed by atoms with Gasteiger partial charge in [0.1, 0.15) is 0 Å². The zero-order chi connectivity index (χ0) is 12.0. The number of hydrogen-bond acceptors (Lipinski definition) is 4. The maximum Gasteiger partial charge on any atom is 0.0707 e. The first-order chi connectivity index (χ1) is 7.67. The van der Waals surface area contributed by atoms with Crippen molar-refractivity contribution in [3.05, 3.63) is 0 Å². The number of nitrogens with two attached hydrogens (primary N) is 1. The van der Waals surface area contributed by atoms with E-state index in [1.165, 1.54) is 0 Å². The van der Waals surface area contributed by atoms with Crippen LogP contribution in [-0.2, 0) is 9.47 Å². The quantitative estimate of drug-likeness (QED) is 0.704. The molecule has 0 radical (unpaired) electrons. The highest BCUT2D eigenvalue weighted by Crippen LogP contribution is 2.20. The van der Waals surface area contributed by atoms with Gasteiger partial charge in [-0.15, -0.1) is 0 Å². The van der Waals surface area contributed by atoms with Crippen molar-refractivity contribution in [2.24, 2.45) is 5.73 Å². The molecule has 1 saturated heterocycles. The normalized spacial score (nSPS) is 25.9. The standard InChI is InChI=1S/C12H26N2O2/c1-10(2)14(6-7-15-3)9-12-5-4-11(8-13)16-12/h10-12H,4-9,13H2,1-3H3. The number of hydrogen-bond donors (Lipinski definition) is 1. The topological polar surface area (TPSA) is 47.7 Å². The minimum absolute atomic E-state index is 0.279. The van der Waals surface area contributed by atoms with E-state index >= 15 is 0 Å². The molecule has 1 aliphatic rings. The molecule has 0 amide bonds. The molecule has 4 nitrogen and oxygen atoms in total. The average Bonchev–Trinajstić information content (AvgIpc) is 2.71. The fraction of sp³-hybridized carbons (Fsp3) is 1.00. The van der Waals surface area contributed by atoms with E-state index in [4.69, 9.17) is 15.2 Å². The van der Waals surface area contributed by atoms with Gasteiger partial charge in [-0.05, 0) is 26.7 Å². The summed E-state index contributed by atoms with van der Waals surface area (Å²) < 4.78 is 11.0. The molecule has 0 saturated carbocycles. The van der Waals surface area contributed by atoms with Gasteiger partial charge in [-0.25, -0.2) is 0 Å². The van der Waals surface area contributed by atoms with Crippen LogP contribution < -0.4 is 5.73 Å². The molecule has 96 valence electrons. The van der Waals surface area contributed by atoms with E-state index in [9.17, 15) is 0 Å². The number of ether oxygens (including phenoxy) is 2. The van der Waals surface area contributed by atoms with Crippen molar-refractivity contribution in [2.45, 2.75) is 44.9 Å². The summed E-state index contributed by atoms with van der Waals surface area (Å²) in [7, 11) is 1.75. The Morgan fingerprint density at radius 3 is 2.56 bits per heavy atom. The van der Waals surface area contributed by atoms with Crippen LogP contribution in [0, 0.1) is 0 Å². The lowest BCUT2D eigenvalue weighted by atomic mass is 10.1. The fourth-order valence-corrected chi connectivity index (χ4v) is 2.12. The molecule has 1 fully saturated rings. The molecule has 0 aromatic heterocycles. The van der Waals surface area contributed by atoms with Gasteiger partial charge in [-0.1, -0.05) is 0 Å². The highest BCUT2D eigenvalue weighted by atomic mass is 16.5. The zero-order valence-corrected chi connectivity index (χ0v) is 10.8. The molecule has 0 bridgehead atoms. The van der Waals surface area contributed by atoms with Crippen molar-refractivity contribution in [2.75, 3.05) is 33.4 Å². The second-order valence-electron chi connectivity index (χ2n) is 4.77. The molecule has 0 aliphatic carbocycles. The molecule has 16 heavy (non-hydrogen) atoms. The second kappa shape index (κ2) is 7.22. The lowest BCUT2D eigenvalue weighted by Gasteiger charge is -2.28. The van der Waals surface area contributed by atoms with Crippen LogP contribution in [0.2, 0.25) is 0 Å². The highest BCUT2D eigenvalue weighted by Gasteiger charge is 2.26. The maximum absolute atomic E-state index is 5.86. The number of nitrogens with zero attached hydrogens (tertiary/aromatic N) is 1. The van der Waals surface area contributed by atoms with Crippen LogP contribution in [0.1, 0.15) is 26.7 Å². The summed E-state index contributed by atoms with van der Waals surface area (Å²) in [4.78, 5) is 2.41. The molecular weight excluding hydrogens is 204 g/mol. The van der Waals surface area contributed by atoms with Gasteiger partial charge in [-0.2, -0.15) is 0 Å². The van der Waals surface area contributed by atoms with Crippen LogP contribution in [0.5, 0.6) is 0 Å². The third-order valence-electron chi connectivity index (χ3n) is 3.21. The molecule has 2 unspecified atom stereocenters. The zero-order valence-electron chi connectivity index (χ0n) is 10.8. The van der Waals surface area contributed by atoms with Crippen LogP contribution in [0.25, 0.3) is 0 Å². The minimum atomic E-state index is 0.279. The van der Waals surface area contributed by atoms with Crippen molar-refractivity contribution in [1.29, 1.82) is 0 Å². The van der Waals surface area contributed by atoms with E-state index < -0.39 is 0 Å². The molecule has 0 aromatic carbocycles. The SMILES string of the molecule is COCCN(CC1CCC(CN)O1)C(C)C. The lowest BCUT2D eigenvalue weighted by molar-refractivity contribution is 0.0148.